The van der Waals surface area contributed by atoms with Gasteiger partial charge in [0.15, 0.2) is 0 Å². The average molecular weight is 219 g/mol. The Balaban J connectivity index is 2.02. The van der Waals surface area contributed by atoms with E-state index in [0.717, 1.165) is 25.1 Å². The lowest BCUT2D eigenvalue weighted by atomic mass is 9.74. The number of rotatable bonds is 1. The van der Waals surface area contributed by atoms with Crippen molar-refractivity contribution in [3.8, 4) is 0 Å². The van der Waals surface area contributed by atoms with E-state index >= 15 is 0 Å². The molecular formula is C12H17N3O. The van der Waals surface area contributed by atoms with E-state index in [4.69, 9.17) is 0 Å². The van der Waals surface area contributed by atoms with E-state index in [1.54, 1.807) is 0 Å². The van der Waals surface area contributed by atoms with E-state index in [0.29, 0.717) is 5.92 Å². The summed E-state index contributed by atoms with van der Waals surface area (Å²) in [6.45, 7) is 2.83. The van der Waals surface area contributed by atoms with Crippen LogP contribution in [0.1, 0.15) is 42.9 Å². The molecule has 1 aliphatic heterocycles. The van der Waals surface area contributed by atoms with E-state index in [9.17, 15) is 4.79 Å². The Morgan fingerprint density at radius 3 is 2.81 bits per heavy atom. The number of aromatic amines is 1. The van der Waals surface area contributed by atoms with Gasteiger partial charge in [0, 0.05) is 18.2 Å². The van der Waals surface area contributed by atoms with Crippen LogP contribution < -0.4 is 5.32 Å². The van der Waals surface area contributed by atoms with Crippen molar-refractivity contribution in [2.24, 2.45) is 5.41 Å². The van der Waals surface area contributed by atoms with Crippen molar-refractivity contribution < 1.29 is 4.79 Å². The summed E-state index contributed by atoms with van der Waals surface area (Å²) in [4.78, 5) is 12.1. The summed E-state index contributed by atoms with van der Waals surface area (Å²) in [5, 5.41) is 10.2. The minimum Gasteiger partial charge on any atom is -0.355 e. The zero-order chi connectivity index (χ0) is 11.2. The number of H-pyrrole nitrogens is 1. The quantitative estimate of drug-likeness (QED) is 0.752. The predicted octanol–water partition coefficient (Wildman–Crippen LogP) is 1.49. The lowest BCUT2D eigenvalue weighted by Crippen LogP contribution is -2.31. The number of nitrogens with zero attached hydrogens (tertiary/aromatic N) is 1. The Kier molecular flexibility index (Phi) is 2.06. The maximum Gasteiger partial charge on any atom is 0.226 e. The molecule has 1 atom stereocenters. The minimum atomic E-state index is -0.142. The van der Waals surface area contributed by atoms with Crippen LogP contribution in [0.15, 0.2) is 6.20 Å². The van der Waals surface area contributed by atoms with Crippen LogP contribution in [-0.4, -0.2) is 22.6 Å². The molecule has 2 fully saturated rings. The lowest BCUT2D eigenvalue weighted by Gasteiger charge is -2.27. The van der Waals surface area contributed by atoms with Crippen LogP contribution in [0.2, 0.25) is 0 Å². The van der Waals surface area contributed by atoms with Crippen LogP contribution >= 0.6 is 0 Å². The Hall–Kier alpha value is -1.32. The molecule has 1 aromatic heterocycles. The van der Waals surface area contributed by atoms with E-state index in [1.165, 1.54) is 18.4 Å². The number of carbonyl (C=O) groups excluding carboxylic acids is 1. The highest BCUT2D eigenvalue weighted by Gasteiger charge is 2.52. The molecule has 1 spiro atoms. The molecule has 1 unspecified atom stereocenters. The second-order valence-corrected chi connectivity index (χ2v) is 5.09. The van der Waals surface area contributed by atoms with E-state index in [2.05, 4.69) is 22.4 Å². The minimum absolute atomic E-state index is 0.142. The third-order valence-corrected chi connectivity index (χ3v) is 4.30. The SMILES string of the molecule is Cc1cn[nH]c1C1CNC(=O)C12CCCC2. The number of hydrogen-bond acceptors (Lipinski definition) is 2. The highest BCUT2D eigenvalue weighted by molar-refractivity contribution is 5.86. The number of aromatic nitrogens is 2. The van der Waals surface area contributed by atoms with Crippen LogP contribution in [0.5, 0.6) is 0 Å². The average Bonchev–Trinajstić information content (AvgIpc) is 2.94. The van der Waals surface area contributed by atoms with Crippen LogP contribution in [0.25, 0.3) is 0 Å². The number of aryl methyl sites for hydroxylation is 1. The van der Waals surface area contributed by atoms with Gasteiger partial charge in [-0.2, -0.15) is 5.10 Å². The summed E-state index contributed by atoms with van der Waals surface area (Å²) < 4.78 is 0. The van der Waals surface area contributed by atoms with Crippen LogP contribution in [-0.2, 0) is 4.79 Å². The van der Waals surface area contributed by atoms with Gasteiger partial charge in [-0.15, -0.1) is 0 Å². The van der Waals surface area contributed by atoms with Gasteiger partial charge in [-0.05, 0) is 25.3 Å². The van der Waals surface area contributed by atoms with Gasteiger partial charge in [0.2, 0.25) is 5.91 Å². The monoisotopic (exact) mass is 219 g/mol. The molecule has 0 bridgehead atoms. The number of amides is 1. The standard InChI is InChI=1S/C12H17N3O/c1-8-6-14-15-10(8)9-7-13-11(16)12(9)4-2-3-5-12/h6,9H,2-5,7H2,1H3,(H,13,16)(H,14,15). The van der Waals surface area contributed by atoms with Gasteiger partial charge < -0.3 is 5.32 Å². The fourth-order valence-corrected chi connectivity index (χ4v) is 3.39. The van der Waals surface area contributed by atoms with E-state index < -0.39 is 0 Å². The van der Waals surface area contributed by atoms with Crippen molar-refractivity contribution in [1.82, 2.24) is 15.5 Å². The van der Waals surface area contributed by atoms with Gasteiger partial charge in [-0.25, -0.2) is 0 Å². The lowest BCUT2D eigenvalue weighted by molar-refractivity contribution is -0.127. The third kappa shape index (κ3) is 1.16. The molecule has 1 saturated carbocycles. The molecule has 0 radical (unpaired) electrons. The summed E-state index contributed by atoms with van der Waals surface area (Å²) in [6, 6.07) is 0. The second kappa shape index (κ2) is 3.34. The topological polar surface area (TPSA) is 57.8 Å². The Morgan fingerprint density at radius 1 is 1.44 bits per heavy atom. The van der Waals surface area contributed by atoms with Crippen molar-refractivity contribution in [2.75, 3.05) is 6.54 Å². The molecule has 2 heterocycles. The molecule has 16 heavy (non-hydrogen) atoms. The molecule has 0 aromatic carbocycles. The highest BCUT2D eigenvalue weighted by atomic mass is 16.2. The second-order valence-electron chi connectivity index (χ2n) is 5.09. The van der Waals surface area contributed by atoms with Gasteiger partial charge in [0.25, 0.3) is 0 Å². The van der Waals surface area contributed by atoms with Crippen LogP contribution in [0, 0.1) is 12.3 Å². The molecule has 1 aromatic rings. The molecule has 2 aliphatic rings. The number of hydrogen-bond donors (Lipinski definition) is 2. The Morgan fingerprint density at radius 2 is 2.19 bits per heavy atom. The van der Waals surface area contributed by atoms with Crippen molar-refractivity contribution in [3.05, 3.63) is 17.5 Å². The molecule has 4 nitrogen and oxygen atoms in total. The van der Waals surface area contributed by atoms with Gasteiger partial charge >= 0.3 is 0 Å². The van der Waals surface area contributed by atoms with Crippen LogP contribution in [0.3, 0.4) is 0 Å². The van der Waals surface area contributed by atoms with E-state index in [1.807, 2.05) is 6.20 Å². The molecule has 1 amide bonds. The first-order valence-electron chi connectivity index (χ1n) is 6.02. The Labute approximate surface area is 94.8 Å². The smallest absolute Gasteiger partial charge is 0.226 e. The maximum absolute atomic E-state index is 12.1. The molecule has 4 heteroatoms. The van der Waals surface area contributed by atoms with Gasteiger partial charge in [0.1, 0.15) is 0 Å². The number of carbonyl (C=O) groups is 1. The number of nitrogens with one attached hydrogen (secondary N) is 2. The van der Waals surface area contributed by atoms with Crippen molar-refractivity contribution in [3.63, 3.8) is 0 Å². The molecule has 3 rings (SSSR count). The van der Waals surface area contributed by atoms with Gasteiger partial charge in [0.05, 0.1) is 11.6 Å². The summed E-state index contributed by atoms with van der Waals surface area (Å²) in [7, 11) is 0. The highest BCUT2D eigenvalue weighted by Crippen LogP contribution is 2.51. The normalized spacial score (nSPS) is 27.6. The van der Waals surface area contributed by atoms with Crippen molar-refractivity contribution in [1.29, 1.82) is 0 Å². The zero-order valence-electron chi connectivity index (χ0n) is 9.55. The molecule has 1 aliphatic carbocycles. The van der Waals surface area contributed by atoms with Gasteiger partial charge in [-0.3, -0.25) is 9.89 Å². The zero-order valence-corrected chi connectivity index (χ0v) is 9.55. The predicted molar refractivity (Wildman–Crippen MR) is 60.0 cm³/mol. The van der Waals surface area contributed by atoms with Crippen LogP contribution in [0.4, 0.5) is 0 Å². The molecule has 1 saturated heterocycles. The first-order chi connectivity index (χ1) is 7.74. The first kappa shape index (κ1) is 9.87. The van der Waals surface area contributed by atoms with E-state index in [-0.39, 0.29) is 11.3 Å². The summed E-state index contributed by atoms with van der Waals surface area (Å²) in [6.07, 6.45) is 6.26. The fourth-order valence-electron chi connectivity index (χ4n) is 3.39. The molecule has 2 N–H and O–H groups in total. The molecular weight excluding hydrogens is 202 g/mol. The Bertz CT molecular complexity index is 418. The third-order valence-electron chi connectivity index (χ3n) is 4.30. The summed E-state index contributed by atoms with van der Waals surface area (Å²) in [5.41, 5.74) is 2.19. The maximum atomic E-state index is 12.1. The largest absolute Gasteiger partial charge is 0.355 e. The molecule has 86 valence electrons. The first-order valence-corrected chi connectivity index (χ1v) is 6.02. The van der Waals surface area contributed by atoms with Crippen molar-refractivity contribution in [2.45, 2.75) is 38.5 Å². The summed E-state index contributed by atoms with van der Waals surface area (Å²) >= 11 is 0. The van der Waals surface area contributed by atoms with Crippen molar-refractivity contribution >= 4 is 5.91 Å². The summed E-state index contributed by atoms with van der Waals surface area (Å²) in [5.74, 6) is 0.550. The van der Waals surface area contributed by atoms with Gasteiger partial charge in [-0.1, -0.05) is 12.8 Å². The fraction of sp³-hybridized carbons (Fsp3) is 0.667.